The third-order valence-corrected chi connectivity index (χ3v) is 7.77. The van der Waals surface area contributed by atoms with E-state index in [2.05, 4.69) is 21.6 Å². The number of aryl methyl sites for hydroxylation is 1. The van der Waals surface area contributed by atoms with Crippen LogP contribution in [0.5, 0.6) is 0 Å². The van der Waals surface area contributed by atoms with E-state index in [-0.39, 0.29) is 11.2 Å². The lowest BCUT2D eigenvalue weighted by Crippen LogP contribution is -2.23. The number of aromatic nitrogens is 3. The zero-order valence-electron chi connectivity index (χ0n) is 17.7. The smallest absolute Gasteiger partial charge is 0.238 e. The van der Waals surface area contributed by atoms with Crippen molar-refractivity contribution < 1.29 is 4.79 Å². The van der Waals surface area contributed by atoms with E-state index in [0.717, 1.165) is 42.6 Å². The number of amides is 1. The van der Waals surface area contributed by atoms with Gasteiger partial charge < -0.3 is 9.88 Å². The van der Waals surface area contributed by atoms with Gasteiger partial charge in [-0.2, -0.15) is 5.26 Å². The highest BCUT2D eigenvalue weighted by molar-refractivity contribution is 8.00. The number of benzene rings is 1. The maximum Gasteiger partial charge on any atom is 0.238 e. The minimum Gasteiger partial charge on any atom is -0.316 e. The van der Waals surface area contributed by atoms with E-state index in [1.807, 2.05) is 48.7 Å². The Hall–Kier alpha value is -2.63. The van der Waals surface area contributed by atoms with Gasteiger partial charge in [0.25, 0.3) is 0 Å². The van der Waals surface area contributed by atoms with Crippen LogP contribution >= 0.6 is 23.1 Å². The zero-order valence-corrected chi connectivity index (χ0v) is 19.4. The number of rotatable bonds is 6. The van der Waals surface area contributed by atoms with Crippen LogP contribution in [0.4, 0.5) is 5.00 Å². The van der Waals surface area contributed by atoms with E-state index in [1.54, 1.807) is 11.3 Å². The van der Waals surface area contributed by atoms with Crippen molar-refractivity contribution in [2.24, 2.45) is 0 Å². The molecular weight excluding hydrogens is 426 g/mol. The van der Waals surface area contributed by atoms with E-state index in [9.17, 15) is 10.1 Å². The molecule has 3 aromatic rings. The molecule has 0 spiro atoms. The monoisotopic (exact) mass is 451 g/mol. The fourth-order valence-corrected chi connectivity index (χ4v) is 5.99. The summed E-state index contributed by atoms with van der Waals surface area (Å²) in [5, 5.41) is 22.4. The van der Waals surface area contributed by atoms with Crippen LogP contribution < -0.4 is 5.32 Å². The quantitative estimate of drug-likeness (QED) is 0.407. The number of carbonyl (C=O) groups excluding carboxylic acids is 1. The average Bonchev–Trinajstić information content (AvgIpc) is 3.25. The highest BCUT2D eigenvalue weighted by atomic mass is 32.2. The first-order valence-electron chi connectivity index (χ1n) is 10.6. The molecule has 2 aromatic heterocycles. The van der Waals surface area contributed by atoms with Crippen molar-refractivity contribution in [2.75, 3.05) is 5.32 Å². The number of nitrogens with zero attached hydrogens (tertiary/aromatic N) is 4. The van der Waals surface area contributed by atoms with E-state index in [4.69, 9.17) is 0 Å². The molecule has 2 heterocycles. The highest BCUT2D eigenvalue weighted by Gasteiger charge is 2.24. The van der Waals surface area contributed by atoms with Crippen LogP contribution in [0.3, 0.4) is 0 Å². The number of thiophene rings is 1. The second-order valence-corrected chi connectivity index (χ2v) is 9.96. The molecule has 1 aliphatic rings. The summed E-state index contributed by atoms with van der Waals surface area (Å²) >= 11 is 2.95. The number of hydrogen-bond acceptors (Lipinski definition) is 6. The van der Waals surface area contributed by atoms with Crippen molar-refractivity contribution >= 4 is 34.0 Å². The molecular formula is C23H25N5OS2. The molecule has 4 rings (SSSR count). The maximum absolute atomic E-state index is 12.9. The van der Waals surface area contributed by atoms with E-state index in [1.165, 1.54) is 23.1 Å². The van der Waals surface area contributed by atoms with E-state index < -0.39 is 0 Å². The fraction of sp³-hybridized carbons (Fsp3) is 0.391. The second kappa shape index (κ2) is 9.67. The normalized spacial score (nSPS) is 14.4. The molecule has 8 heteroatoms. The molecule has 0 saturated carbocycles. The first-order chi connectivity index (χ1) is 15.1. The number of nitrogens with one attached hydrogen (secondary N) is 1. The lowest BCUT2D eigenvalue weighted by Gasteiger charge is -2.12. The molecule has 160 valence electrons. The Morgan fingerprint density at radius 1 is 1.26 bits per heavy atom. The predicted molar refractivity (Wildman–Crippen MR) is 125 cm³/mol. The summed E-state index contributed by atoms with van der Waals surface area (Å²) in [5.41, 5.74) is 2.79. The number of nitriles is 1. The molecule has 1 aliphatic carbocycles. The van der Waals surface area contributed by atoms with Crippen molar-refractivity contribution in [1.82, 2.24) is 14.8 Å². The van der Waals surface area contributed by atoms with Crippen molar-refractivity contribution in [3.05, 3.63) is 46.3 Å². The van der Waals surface area contributed by atoms with Gasteiger partial charge in [-0.15, -0.1) is 21.5 Å². The summed E-state index contributed by atoms with van der Waals surface area (Å²) in [7, 11) is 0. The number of anilines is 1. The Kier molecular flexibility index (Phi) is 6.73. The second-order valence-electron chi connectivity index (χ2n) is 7.55. The standard InChI is InChI=1S/C23H25N5OS2/c1-3-28-20(16-10-6-4-7-11-16)26-27-23(28)30-15(2)21(29)25-22-18(14-24)17-12-8-5-9-13-19(17)31-22/h4,6-7,10-11,15H,3,5,8-9,12-13H2,1-2H3,(H,25,29). The first-order valence-corrected chi connectivity index (χ1v) is 12.3. The topological polar surface area (TPSA) is 83.6 Å². The van der Waals surface area contributed by atoms with Crippen LogP contribution in [-0.4, -0.2) is 25.9 Å². The van der Waals surface area contributed by atoms with Gasteiger partial charge in [0.2, 0.25) is 5.91 Å². The van der Waals surface area contributed by atoms with Gasteiger partial charge in [0.15, 0.2) is 11.0 Å². The minimum absolute atomic E-state index is 0.121. The Balaban J connectivity index is 1.50. The SMILES string of the molecule is CCn1c(SC(C)C(=O)Nc2sc3c(c2C#N)CCCCC3)nnc1-c1ccccc1. The average molecular weight is 452 g/mol. The molecule has 0 radical (unpaired) electrons. The Labute approximate surface area is 190 Å². The molecule has 0 saturated heterocycles. The molecule has 1 atom stereocenters. The fourth-order valence-electron chi connectivity index (χ4n) is 3.84. The van der Waals surface area contributed by atoms with Crippen molar-refractivity contribution in [2.45, 2.75) is 62.9 Å². The summed E-state index contributed by atoms with van der Waals surface area (Å²) in [6, 6.07) is 12.3. The van der Waals surface area contributed by atoms with E-state index >= 15 is 0 Å². The van der Waals surface area contributed by atoms with Crippen LogP contribution in [0.25, 0.3) is 11.4 Å². The molecule has 0 fully saturated rings. The molecule has 1 unspecified atom stereocenters. The van der Waals surface area contributed by atoms with Crippen LogP contribution in [0.1, 0.15) is 49.1 Å². The number of fused-ring (bicyclic) bond motifs is 1. The molecule has 1 N–H and O–H groups in total. The largest absolute Gasteiger partial charge is 0.316 e. The molecule has 6 nitrogen and oxygen atoms in total. The van der Waals surface area contributed by atoms with Gasteiger partial charge >= 0.3 is 0 Å². The third-order valence-electron chi connectivity index (χ3n) is 5.49. The van der Waals surface area contributed by atoms with Gasteiger partial charge in [-0.25, -0.2) is 0 Å². The predicted octanol–water partition coefficient (Wildman–Crippen LogP) is 5.29. The number of thioether (sulfide) groups is 1. The van der Waals surface area contributed by atoms with Crippen LogP contribution in [0, 0.1) is 11.3 Å². The summed E-state index contributed by atoms with van der Waals surface area (Å²) in [5.74, 6) is 0.678. The Morgan fingerprint density at radius 2 is 2.03 bits per heavy atom. The summed E-state index contributed by atoms with van der Waals surface area (Å²) in [6.45, 7) is 4.62. The first kappa shape index (κ1) is 21.6. The maximum atomic E-state index is 12.9. The Bertz CT molecular complexity index is 1110. The van der Waals surface area contributed by atoms with Gasteiger partial charge in [-0.05, 0) is 45.1 Å². The van der Waals surface area contributed by atoms with Gasteiger partial charge in [0, 0.05) is 17.0 Å². The van der Waals surface area contributed by atoms with Gasteiger partial charge in [-0.3, -0.25) is 4.79 Å². The number of hydrogen-bond donors (Lipinski definition) is 1. The summed E-state index contributed by atoms with van der Waals surface area (Å²) in [4.78, 5) is 14.2. The molecule has 1 aromatic carbocycles. The Morgan fingerprint density at radius 3 is 2.77 bits per heavy atom. The highest BCUT2D eigenvalue weighted by Crippen LogP contribution is 2.37. The molecule has 0 aliphatic heterocycles. The lowest BCUT2D eigenvalue weighted by atomic mass is 10.1. The molecule has 0 bridgehead atoms. The van der Waals surface area contributed by atoms with Gasteiger partial charge in [0.1, 0.15) is 11.1 Å². The van der Waals surface area contributed by atoms with Gasteiger partial charge in [-0.1, -0.05) is 48.5 Å². The van der Waals surface area contributed by atoms with Crippen molar-refractivity contribution in [3.63, 3.8) is 0 Å². The number of carbonyl (C=O) groups is 1. The molecule has 1 amide bonds. The van der Waals surface area contributed by atoms with Crippen molar-refractivity contribution in [3.8, 4) is 17.5 Å². The molecule has 31 heavy (non-hydrogen) atoms. The lowest BCUT2D eigenvalue weighted by molar-refractivity contribution is -0.115. The van der Waals surface area contributed by atoms with Crippen LogP contribution in [0.15, 0.2) is 35.5 Å². The minimum atomic E-state index is -0.369. The van der Waals surface area contributed by atoms with E-state index in [0.29, 0.717) is 22.3 Å². The van der Waals surface area contributed by atoms with Crippen LogP contribution in [0.2, 0.25) is 0 Å². The van der Waals surface area contributed by atoms with Crippen molar-refractivity contribution in [1.29, 1.82) is 5.26 Å². The third kappa shape index (κ3) is 4.53. The summed E-state index contributed by atoms with van der Waals surface area (Å²) in [6.07, 6.45) is 5.38. The zero-order chi connectivity index (χ0) is 21.8. The van der Waals surface area contributed by atoms with Crippen LogP contribution in [-0.2, 0) is 24.2 Å². The summed E-state index contributed by atoms with van der Waals surface area (Å²) < 4.78 is 2.03. The van der Waals surface area contributed by atoms with Gasteiger partial charge in [0.05, 0.1) is 10.8 Å².